The Labute approximate surface area is 187 Å². The van der Waals surface area contributed by atoms with Crippen LogP contribution in [-0.4, -0.2) is 28.3 Å². The summed E-state index contributed by atoms with van der Waals surface area (Å²) in [5, 5.41) is 6.16. The number of anilines is 4. The molecule has 32 heavy (non-hydrogen) atoms. The zero-order valence-corrected chi connectivity index (χ0v) is 18.6. The lowest BCUT2D eigenvalue weighted by Crippen LogP contribution is -2.29. The first-order chi connectivity index (χ1) is 15.4. The van der Waals surface area contributed by atoms with Gasteiger partial charge in [0, 0.05) is 41.8 Å². The Morgan fingerprint density at radius 2 is 1.84 bits per heavy atom. The largest absolute Gasteiger partial charge is 0.340 e. The van der Waals surface area contributed by atoms with E-state index in [-0.39, 0.29) is 24.2 Å². The molecule has 7 nitrogen and oxygen atoms in total. The zero-order chi connectivity index (χ0) is 22.7. The molecule has 0 radical (unpaired) electrons. The summed E-state index contributed by atoms with van der Waals surface area (Å²) in [6, 6.07) is 15.3. The Morgan fingerprint density at radius 1 is 1.09 bits per heavy atom. The zero-order valence-electron chi connectivity index (χ0n) is 18.6. The first-order valence-electron chi connectivity index (χ1n) is 10.8. The van der Waals surface area contributed by atoms with Crippen molar-refractivity contribution in [2.24, 2.45) is 5.92 Å². The number of carbonyl (C=O) groups is 2. The van der Waals surface area contributed by atoms with Crippen molar-refractivity contribution in [3.05, 3.63) is 71.7 Å². The quantitative estimate of drug-likeness (QED) is 0.607. The van der Waals surface area contributed by atoms with Crippen LogP contribution in [0.3, 0.4) is 0 Å². The highest BCUT2D eigenvalue weighted by atomic mass is 16.2. The number of nitrogens with zero attached hydrogens (tertiary/aromatic N) is 3. The minimum atomic E-state index is -0.381. The number of hydrogen-bond donors (Lipinski definition) is 2. The highest BCUT2D eigenvalue weighted by molar-refractivity contribution is 6.04. The molecule has 0 spiro atoms. The Bertz CT molecular complexity index is 1140. The van der Waals surface area contributed by atoms with Gasteiger partial charge in [-0.25, -0.2) is 9.97 Å². The number of amides is 2. The van der Waals surface area contributed by atoms with Crippen molar-refractivity contribution < 1.29 is 9.59 Å². The maximum atomic E-state index is 12.9. The molecule has 2 heterocycles. The van der Waals surface area contributed by atoms with Crippen LogP contribution >= 0.6 is 0 Å². The Kier molecular flexibility index (Phi) is 6.16. The summed E-state index contributed by atoms with van der Waals surface area (Å²) in [7, 11) is 0. The second-order valence-electron chi connectivity index (χ2n) is 8.08. The minimum absolute atomic E-state index is 0.00570. The van der Waals surface area contributed by atoms with Gasteiger partial charge in [0.05, 0.1) is 5.92 Å². The van der Waals surface area contributed by atoms with Gasteiger partial charge < -0.3 is 15.5 Å². The summed E-state index contributed by atoms with van der Waals surface area (Å²) >= 11 is 0. The standard InChI is InChI=1S/C25H27N5O2/c1-4-18-7-5-6-16(2)24(18)30-14-19(13-23(30)31)25(32)29-21-10-8-20(9-11-21)28-22-12-17(3)26-15-27-22/h5-12,15,19H,4,13-14H2,1-3H3,(H,29,32)(H,26,27,28). The summed E-state index contributed by atoms with van der Waals surface area (Å²) in [6.07, 6.45) is 2.57. The molecule has 4 rings (SSSR count). The minimum Gasteiger partial charge on any atom is -0.340 e. The second-order valence-corrected chi connectivity index (χ2v) is 8.08. The molecule has 1 fully saturated rings. The highest BCUT2D eigenvalue weighted by Crippen LogP contribution is 2.32. The van der Waals surface area contributed by atoms with Gasteiger partial charge in [-0.3, -0.25) is 9.59 Å². The van der Waals surface area contributed by atoms with E-state index in [4.69, 9.17) is 0 Å². The molecule has 2 aromatic carbocycles. The molecule has 1 unspecified atom stereocenters. The van der Waals surface area contributed by atoms with Gasteiger partial charge in [-0.15, -0.1) is 0 Å². The molecule has 1 aromatic heterocycles. The summed E-state index contributed by atoms with van der Waals surface area (Å²) in [5.41, 5.74) is 5.56. The molecule has 0 bridgehead atoms. The Morgan fingerprint density at radius 3 is 2.56 bits per heavy atom. The summed E-state index contributed by atoms with van der Waals surface area (Å²) in [6.45, 7) is 6.39. The van der Waals surface area contributed by atoms with Gasteiger partial charge in [0.15, 0.2) is 0 Å². The third-order valence-corrected chi connectivity index (χ3v) is 5.70. The van der Waals surface area contributed by atoms with Gasteiger partial charge in [-0.1, -0.05) is 25.1 Å². The number of aryl methyl sites for hydroxylation is 3. The highest BCUT2D eigenvalue weighted by Gasteiger charge is 2.36. The van der Waals surface area contributed by atoms with Gasteiger partial charge in [0.25, 0.3) is 0 Å². The molecule has 164 valence electrons. The van der Waals surface area contributed by atoms with E-state index in [1.165, 1.54) is 6.33 Å². The SMILES string of the molecule is CCc1cccc(C)c1N1CC(C(=O)Nc2ccc(Nc3cc(C)ncn3)cc2)CC1=O. The van der Waals surface area contributed by atoms with Crippen molar-refractivity contribution in [3.8, 4) is 0 Å². The molecule has 1 aliphatic rings. The van der Waals surface area contributed by atoms with Crippen LogP contribution in [0, 0.1) is 19.8 Å². The summed E-state index contributed by atoms with van der Waals surface area (Å²) < 4.78 is 0. The molecule has 1 saturated heterocycles. The smallest absolute Gasteiger partial charge is 0.229 e. The fraction of sp³-hybridized carbons (Fsp3) is 0.280. The fourth-order valence-electron chi connectivity index (χ4n) is 4.04. The van der Waals surface area contributed by atoms with Crippen LogP contribution in [0.2, 0.25) is 0 Å². The lowest BCUT2D eigenvalue weighted by Gasteiger charge is -2.22. The summed E-state index contributed by atoms with van der Waals surface area (Å²) in [4.78, 5) is 35.6. The van der Waals surface area contributed by atoms with E-state index in [0.29, 0.717) is 18.1 Å². The van der Waals surface area contributed by atoms with Crippen molar-refractivity contribution in [1.82, 2.24) is 9.97 Å². The van der Waals surface area contributed by atoms with E-state index in [1.807, 2.05) is 62.4 Å². The molecule has 1 aliphatic heterocycles. The van der Waals surface area contributed by atoms with Crippen molar-refractivity contribution in [2.75, 3.05) is 22.1 Å². The van der Waals surface area contributed by atoms with E-state index in [2.05, 4.69) is 27.5 Å². The van der Waals surface area contributed by atoms with Crippen LogP contribution in [0.15, 0.2) is 54.9 Å². The molecule has 0 saturated carbocycles. The lowest BCUT2D eigenvalue weighted by molar-refractivity contribution is -0.122. The third kappa shape index (κ3) is 4.61. The van der Waals surface area contributed by atoms with E-state index >= 15 is 0 Å². The predicted octanol–water partition coefficient (Wildman–Crippen LogP) is 4.39. The van der Waals surface area contributed by atoms with Crippen LogP contribution < -0.4 is 15.5 Å². The average Bonchev–Trinajstić information content (AvgIpc) is 3.16. The number of benzene rings is 2. The first-order valence-corrected chi connectivity index (χ1v) is 10.8. The lowest BCUT2D eigenvalue weighted by atomic mass is 10.0. The van der Waals surface area contributed by atoms with E-state index in [9.17, 15) is 9.59 Å². The molecule has 3 aromatic rings. The molecule has 7 heteroatoms. The molecule has 2 N–H and O–H groups in total. The topological polar surface area (TPSA) is 87.2 Å². The molecule has 0 aliphatic carbocycles. The number of nitrogens with one attached hydrogen (secondary N) is 2. The number of aromatic nitrogens is 2. The normalized spacial score (nSPS) is 15.7. The summed E-state index contributed by atoms with van der Waals surface area (Å²) in [5.74, 6) is 0.184. The van der Waals surface area contributed by atoms with Crippen LogP contribution in [-0.2, 0) is 16.0 Å². The van der Waals surface area contributed by atoms with Gasteiger partial charge in [-0.2, -0.15) is 0 Å². The van der Waals surface area contributed by atoms with Crippen molar-refractivity contribution >= 4 is 34.7 Å². The molecular weight excluding hydrogens is 402 g/mol. The molecular formula is C25H27N5O2. The Hall–Kier alpha value is -3.74. The van der Waals surface area contributed by atoms with Crippen molar-refractivity contribution in [1.29, 1.82) is 0 Å². The van der Waals surface area contributed by atoms with Crippen LogP contribution in [0.5, 0.6) is 0 Å². The van der Waals surface area contributed by atoms with Gasteiger partial charge in [0.1, 0.15) is 12.1 Å². The van der Waals surface area contributed by atoms with E-state index < -0.39 is 0 Å². The van der Waals surface area contributed by atoms with Gasteiger partial charge in [0.2, 0.25) is 11.8 Å². The van der Waals surface area contributed by atoms with Crippen LogP contribution in [0.4, 0.5) is 22.9 Å². The Balaban J connectivity index is 1.41. The van der Waals surface area contributed by atoms with Crippen molar-refractivity contribution in [2.45, 2.75) is 33.6 Å². The molecule has 1 atom stereocenters. The number of hydrogen-bond acceptors (Lipinski definition) is 5. The third-order valence-electron chi connectivity index (χ3n) is 5.70. The number of carbonyl (C=O) groups excluding carboxylic acids is 2. The van der Waals surface area contributed by atoms with Gasteiger partial charge >= 0.3 is 0 Å². The van der Waals surface area contributed by atoms with Crippen LogP contribution in [0.1, 0.15) is 30.2 Å². The van der Waals surface area contributed by atoms with E-state index in [1.54, 1.807) is 4.90 Å². The number of rotatable bonds is 6. The number of para-hydroxylation sites is 1. The van der Waals surface area contributed by atoms with Gasteiger partial charge in [-0.05, 0) is 55.7 Å². The molecule has 2 amide bonds. The second kappa shape index (κ2) is 9.18. The van der Waals surface area contributed by atoms with Crippen molar-refractivity contribution in [3.63, 3.8) is 0 Å². The first kappa shape index (κ1) is 21.5. The monoisotopic (exact) mass is 429 g/mol. The fourth-order valence-corrected chi connectivity index (χ4v) is 4.04. The van der Waals surface area contributed by atoms with E-state index in [0.717, 1.165) is 34.6 Å². The predicted molar refractivity (Wildman–Crippen MR) is 126 cm³/mol. The van der Waals surface area contributed by atoms with Crippen LogP contribution in [0.25, 0.3) is 0 Å². The average molecular weight is 430 g/mol. The maximum absolute atomic E-state index is 12.9. The maximum Gasteiger partial charge on any atom is 0.229 e.